The molecule has 0 spiro atoms. The second-order valence-electron chi connectivity index (χ2n) is 3.43. The summed E-state index contributed by atoms with van der Waals surface area (Å²) in [5.41, 5.74) is 7.42. The van der Waals surface area contributed by atoms with Gasteiger partial charge in [-0.25, -0.2) is 4.39 Å². The minimum atomic E-state index is -0.395. The Balaban J connectivity index is 2.46. The van der Waals surface area contributed by atoms with Gasteiger partial charge in [0.25, 0.3) is 0 Å². The second-order valence-corrected chi connectivity index (χ2v) is 3.43. The first kappa shape index (κ1) is 10.5. The molecular weight excluding hydrogens is 205 g/mol. The summed E-state index contributed by atoms with van der Waals surface area (Å²) in [7, 11) is 1.60. The topological polar surface area (TPSA) is 35.2 Å². The molecule has 0 bridgehead atoms. The van der Waals surface area contributed by atoms with Gasteiger partial charge in [-0.1, -0.05) is 24.3 Å². The van der Waals surface area contributed by atoms with Crippen molar-refractivity contribution in [3.05, 3.63) is 48.3 Å². The number of para-hydroxylation sites is 1. The highest BCUT2D eigenvalue weighted by Crippen LogP contribution is 2.28. The fourth-order valence-electron chi connectivity index (χ4n) is 1.56. The van der Waals surface area contributed by atoms with E-state index in [0.29, 0.717) is 5.56 Å². The highest BCUT2D eigenvalue weighted by Gasteiger charge is 2.06. The molecule has 0 radical (unpaired) electrons. The molecule has 0 heterocycles. The number of halogens is 1. The third-order valence-corrected chi connectivity index (χ3v) is 2.45. The lowest BCUT2D eigenvalue weighted by Crippen LogP contribution is -1.94. The molecule has 0 aliphatic heterocycles. The number of rotatable bonds is 2. The molecule has 0 fully saturated rings. The van der Waals surface area contributed by atoms with Gasteiger partial charge in [-0.15, -0.1) is 0 Å². The molecule has 2 aromatic carbocycles. The van der Waals surface area contributed by atoms with Gasteiger partial charge in [-0.3, -0.25) is 0 Å². The van der Waals surface area contributed by atoms with Crippen molar-refractivity contribution in [3.63, 3.8) is 0 Å². The van der Waals surface area contributed by atoms with E-state index < -0.39 is 5.82 Å². The number of benzene rings is 2. The number of hydrogen-bond acceptors (Lipinski definition) is 2. The van der Waals surface area contributed by atoms with E-state index in [1.807, 2.05) is 24.3 Å². The third-order valence-electron chi connectivity index (χ3n) is 2.45. The van der Waals surface area contributed by atoms with Crippen molar-refractivity contribution in [1.29, 1.82) is 0 Å². The SMILES string of the molecule is COc1ccc(-c2cccc(F)c2N)cc1. The van der Waals surface area contributed by atoms with Crippen molar-refractivity contribution in [2.75, 3.05) is 12.8 Å². The molecular formula is C13H12FNO. The average Bonchev–Trinajstić information content (AvgIpc) is 2.33. The van der Waals surface area contributed by atoms with E-state index in [0.717, 1.165) is 11.3 Å². The van der Waals surface area contributed by atoms with Gasteiger partial charge in [0.05, 0.1) is 12.8 Å². The van der Waals surface area contributed by atoms with Crippen LogP contribution in [-0.2, 0) is 0 Å². The van der Waals surface area contributed by atoms with Crippen molar-refractivity contribution >= 4 is 5.69 Å². The normalized spacial score (nSPS) is 10.1. The summed E-state index contributed by atoms with van der Waals surface area (Å²) >= 11 is 0. The van der Waals surface area contributed by atoms with Gasteiger partial charge in [-0.2, -0.15) is 0 Å². The maximum Gasteiger partial charge on any atom is 0.146 e. The zero-order chi connectivity index (χ0) is 11.5. The molecule has 0 saturated carbocycles. The molecule has 0 atom stereocenters. The van der Waals surface area contributed by atoms with Crippen LogP contribution >= 0.6 is 0 Å². The summed E-state index contributed by atoms with van der Waals surface area (Å²) in [4.78, 5) is 0. The van der Waals surface area contributed by atoms with Crippen LogP contribution < -0.4 is 10.5 Å². The monoisotopic (exact) mass is 217 g/mol. The Hall–Kier alpha value is -2.03. The zero-order valence-electron chi connectivity index (χ0n) is 8.91. The first-order valence-corrected chi connectivity index (χ1v) is 4.91. The van der Waals surface area contributed by atoms with Crippen molar-refractivity contribution in [2.45, 2.75) is 0 Å². The lowest BCUT2D eigenvalue weighted by atomic mass is 10.0. The van der Waals surface area contributed by atoms with E-state index in [4.69, 9.17) is 10.5 Å². The Labute approximate surface area is 93.5 Å². The summed E-state index contributed by atoms with van der Waals surface area (Å²) < 4.78 is 18.3. The molecule has 2 aromatic rings. The number of ether oxygens (including phenoxy) is 1. The smallest absolute Gasteiger partial charge is 0.146 e. The van der Waals surface area contributed by atoms with Crippen LogP contribution in [-0.4, -0.2) is 7.11 Å². The van der Waals surface area contributed by atoms with Crippen LogP contribution in [0.1, 0.15) is 0 Å². The quantitative estimate of drug-likeness (QED) is 0.784. The summed E-state index contributed by atoms with van der Waals surface area (Å²) in [5, 5.41) is 0. The molecule has 82 valence electrons. The minimum absolute atomic E-state index is 0.174. The first-order valence-electron chi connectivity index (χ1n) is 4.91. The summed E-state index contributed by atoms with van der Waals surface area (Å²) in [6, 6.07) is 12.1. The average molecular weight is 217 g/mol. The van der Waals surface area contributed by atoms with Gasteiger partial charge >= 0.3 is 0 Å². The van der Waals surface area contributed by atoms with Crippen LogP contribution in [0.2, 0.25) is 0 Å². The Bertz CT molecular complexity index is 494. The molecule has 0 unspecified atom stereocenters. The van der Waals surface area contributed by atoms with E-state index >= 15 is 0 Å². The molecule has 0 aliphatic rings. The molecule has 2 N–H and O–H groups in total. The minimum Gasteiger partial charge on any atom is -0.497 e. The zero-order valence-corrected chi connectivity index (χ0v) is 8.91. The van der Waals surface area contributed by atoms with Crippen LogP contribution in [0, 0.1) is 5.82 Å². The van der Waals surface area contributed by atoms with Gasteiger partial charge < -0.3 is 10.5 Å². The van der Waals surface area contributed by atoms with Gasteiger partial charge in [-0.05, 0) is 23.8 Å². The van der Waals surface area contributed by atoms with Crippen LogP contribution in [0.3, 0.4) is 0 Å². The third kappa shape index (κ3) is 1.84. The predicted octanol–water partition coefficient (Wildman–Crippen LogP) is 3.08. The van der Waals surface area contributed by atoms with Crippen LogP contribution in [0.4, 0.5) is 10.1 Å². The Morgan fingerprint density at radius 1 is 1.06 bits per heavy atom. The Morgan fingerprint density at radius 3 is 2.38 bits per heavy atom. The molecule has 3 heteroatoms. The number of hydrogen-bond donors (Lipinski definition) is 1. The highest BCUT2D eigenvalue weighted by atomic mass is 19.1. The van der Waals surface area contributed by atoms with Crippen LogP contribution in [0.25, 0.3) is 11.1 Å². The fourth-order valence-corrected chi connectivity index (χ4v) is 1.56. The largest absolute Gasteiger partial charge is 0.497 e. The van der Waals surface area contributed by atoms with E-state index in [9.17, 15) is 4.39 Å². The number of nitrogens with two attached hydrogens (primary N) is 1. The molecule has 0 aliphatic carbocycles. The Kier molecular flexibility index (Phi) is 2.77. The summed E-state index contributed by atoms with van der Waals surface area (Å²) in [6.45, 7) is 0. The molecule has 0 saturated heterocycles. The van der Waals surface area contributed by atoms with E-state index in [1.165, 1.54) is 6.07 Å². The lowest BCUT2D eigenvalue weighted by Gasteiger charge is -2.07. The predicted molar refractivity (Wildman–Crippen MR) is 62.8 cm³/mol. The number of nitrogen functional groups attached to an aromatic ring is 1. The van der Waals surface area contributed by atoms with E-state index in [2.05, 4.69) is 0 Å². The molecule has 2 nitrogen and oxygen atoms in total. The lowest BCUT2D eigenvalue weighted by molar-refractivity contribution is 0.415. The van der Waals surface area contributed by atoms with Crippen LogP contribution in [0.5, 0.6) is 5.75 Å². The molecule has 16 heavy (non-hydrogen) atoms. The van der Waals surface area contributed by atoms with Crippen molar-refractivity contribution < 1.29 is 9.13 Å². The van der Waals surface area contributed by atoms with E-state index in [1.54, 1.807) is 19.2 Å². The summed E-state index contributed by atoms with van der Waals surface area (Å²) in [5.74, 6) is 0.368. The van der Waals surface area contributed by atoms with Crippen molar-refractivity contribution in [1.82, 2.24) is 0 Å². The highest BCUT2D eigenvalue weighted by molar-refractivity contribution is 5.76. The second kappa shape index (κ2) is 4.23. The van der Waals surface area contributed by atoms with Gasteiger partial charge in [0.2, 0.25) is 0 Å². The van der Waals surface area contributed by atoms with Gasteiger partial charge in [0.1, 0.15) is 11.6 Å². The molecule has 0 amide bonds. The van der Waals surface area contributed by atoms with Crippen molar-refractivity contribution in [2.24, 2.45) is 0 Å². The van der Waals surface area contributed by atoms with Crippen LogP contribution in [0.15, 0.2) is 42.5 Å². The van der Waals surface area contributed by atoms with Gasteiger partial charge in [0.15, 0.2) is 0 Å². The van der Waals surface area contributed by atoms with Gasteiger partial charge in [0, 0.05) is 5.56 Å². The summed E-state index contributed by atoms with van der Waals surface area (Å²) in [6.07, 6.45) is 0. The molecule has 2 rings (SSSR count). The first-order chi connectivity index (χ1) is 7.72. The maximum atomic E-state index is 13.3. The Morgan fingerprint density at radius 2 is 1.75 bits per heavy atom. The maximum absolute atomic E-state index is 13.3. The van der Waals surface area contributed by atoms with E-state index in [-0.39, 0.29) is 5.69 Å². The molecule has 0 aromatic heterocycles. The fraction of sp³-hybridized carbons (Fsp3) is 0.0769. The standard InChI is InChI=1S/C13H12FNO/c1-16-10-7-5-9(6-8-10)11-3-2-4-12(14)13(11)15/h2-8H,15H2,1H3. The number of methoxy groups -OCH3 is 1. The van der Waals surface area contributed by atoms with Crippen molar-refractivity contribution in [3.8, 4) is 16.9 Å². The number of anilines is 1.